The summed E-state index contributed by atoms with van der Waals surface area (Å²) in [6.45, 7) is 0.812. The van der Waals surface area contributed by atoms with E-state index in [4.69, 9.17) is 11.6 Å². The second-order valence-corrected chi connectivity index (χ2v) is 5.03. The van der Waals surface area contributed by atoms with E-state index >= 15 is 0 Å². The van der Waals surface area contributed by atoms with Crippen molar-refractivity contribution < 1.29 is 4.79 Å². The SMILES string of the molecule is CN(CC(=O)NCc1cccc(Cl)c1)c1ccccc1. The fraction of sp³-hybridized carbons (Fsp3) is 0.188. The van der Waals surface area contributed by atoms with Gasteiger partial charge in [-0.1, -0.05) is 41.9 Å². The number of carbonyl (C=O) groups excluding carboxylic acids is 1. The predicted molar refractivity (Wildman–Crippen MR) is 83.0 cm³/mol. The minimum atomic E-state index is -0.0173. The summed E-state index contributed by atoms with van der Waals surface area (Å²) in [5.74, 6) is -0.0173. The van der Waals surface area contributed by atoms with Crippen molar-refractivity contribution in [3.63, 3.8) is 0 Å². The summed E-state index contributed by atoms with van der Waals surface area (Å²) in [5.41, 5.74) is 2.01. The fourth-order valence-corrected chi connectivity index (χ4v) is 2.11. The van der Waals surface area contributed by atoms with Gasteiger partial charge in [0.05, 0.1) is 6.54 Å². The third-order valence-corrected chi connectivity index (χ3v) is 3.19. The first-order chi connectivity index (χ1) is 9.65. The maximum Gasteiger partial charge on any atom is 0.239 e. The maximum atomic E-state index is 11.9. The van der Waals surface area contributed by atoms with Gasteiger partial charge >= 0.3 is 0 Å². The van der Waals surface area contributed by atoms with Crippen LogP contribution in [0.25, 0.3) is 0 Å². The number of hydrogen-bond donors (Lipinski definition) is 1. The Kier molecular flexibility index (Phi) is 5.02. The minimum absolute atomic E-state index is 0.0173. The van der Waals surface area contributed by atoms with E-state index in [-0.39, 0.29) is 5.91 Å². The lowest BCUT2D eigenvalue weighted by molar-refractivity contribution is -0.119. The Bertz CT molecular complexity index is 572. The number of nitrogens with one attached hydrogen (secondary N) is 1. The molecule has 0 radical (unpaired) electrons. The number of anilines is 1. The number of benzene rings is 2. The molecule has 0 aliphatic heterocycles. The van der Waals surface area contributed by atoms with Gasteiger partial charge < -0.3 is 10.2 Å². The summed E-state index contributed by atoms with van der Waals surface area (Å²) in [7, 11) is 1.90. The average molecular weight is 289 g/mol. The summed E-state index contributed by atoms with van der Waals surface area (Å²) in [6, 6.07) is 17.3. The third kappa shape index (κ3) is 4.28. The van der Waals surface area contributed by atoms with Crippen LogP contribution in [0.3, 0.4) is 0 Å². The van der Waals surface area contributed by atoms with Crippen molar-refractivity contribution in [1.29, 1.82) is 0 Å². The molecule has 0 fully saturated rings. The van der Waals surface area contributed by atoms with Crippen molar-refractivity contribution in [3.05, 3.63) is 65.2 Å². The van der Waals surface area contributed by atoms with Gasteiger partial charge in [0.1, 0.15) is 0 Å². The molecule has 1 amide bonds. The van der Waals surface area contributed by atoms with E-state index < -0.39 is 0 Å². The second kappa shape index (κ2) is 6.96. The molecule has 2 rings (SSSR count). The number of para-hydroxylation sites is 1. The highest BCUT2D eigenvalue weighted by molar-refractivity contribution is 6.30. The van der Waals surface area contributed by atoms with Gasteiger partial charge in [-0.15, -0.1) is 0 Å². The molecule has 0 aromatic heterocycles. The highest BCUT2D eigenvalue weighted by Gasteiger charge is 2.06. The third-order valence-electron chi connectivity index (χ3n) is 2.96. The Hall–Kier alpha value is -2.00. The van der Waals surface area contributed by atoms with Crippen LogP contribution >= 0.6 is 11.6 Å². The number of hydrogen-bond acceptors (Lipinski definition) is 2. The smallest absolute Gasteiger partial charge is 0.239 e. The highest BCUT2D eigenvalue weighted by atomic mass is 35.5. The average Bonchev–Trinajstić information content (AvgIpc) is 2.46. The van der Waals surface area contributed by atoms with Gasteiger partial charge in [-0.2, -0.15) is 0 Å². The summed E-state index contributed by atoms with van der Waals surface area (Å²) >= 11 is 5.90. The Labute approximate surface area is 124 Å². The van der Waals surface area contributed by atoms with E-state index in [0.29, 0.717) is 18.1 Å². The normalized spacial score (nSPS) is 10.1. The molecule has 0 heterocycles. The summed E-state index contributed by atoms with van der Waals surface area (Å²) in [4.78, 5) is 13.8. The van der Waals surface area contributed by atoms with Crippen molar-refractivity contribution in [2.45, 2.75) is 6.54 Å². The number of rotatable bonds is 5. The Morgan fingerprint density at radius 2 is 1.90 bits per heavy atom. The first-order valence-electron chi connectivity index (χ1n) is 6.42. The van der Waals surface area contributed by atoms with Crippen LogP contribution in [0.5, 0.6) is 0 Å². The standard InChI is InChI=1S/C16H17ClN2O/c1-19(15-8-3-2-4-9-15)12-16(20)18-11-13-6-5-7-14(17)10-13/h2-10H,11-12H2,1H3,(H,18,20). The predicted octanol–water partition coefficient (Wildman–Crippen LogP) is 3.09. The van der Waals surface area contributed by atoms with Gasteiger partial charge in [-0.05, 0) is 29.8 Å². The van der Waals surface area contributed by atoms with E-state index in [2.05, 4.69) is 5.32 Å². The molecule has 4 heteroatoms. The minimum Gasteiger partial charge on any atom is -0.365 e. The summed E-state index contributed by atoms with van der Waals surface area (Å²) in [6.07, 6.45) is 0. The number of amides is 1. The summed E-state index contributed by atoms with van der Waals surface area (Å²) < 4.78 is 0. The van der Waals surface area contributed by atoms with E-state index in [1.54, 1.807) is 0 Å². The lowest BCUT2D eigenvalue weighted by Gasteiger charge is -2.18. The topological polar surface area (TPSA) is 32.3 Å². The molecule has 0 spiro atoms. The van der Waals surface area contributed by atoms with Crippen LogP contribution in [-0.2, 0) is 11.3 Å². The van der Waals surface area contributed by atoms with Gasteiger partial charge in [0.2, 0.25) is 5.91 Å². The van der Waals surface area contributed by atoms with Crippen LogP contribution in [-0.4, -0.2) is 19.5 Å². The molecule has 2 aromatic carbocycles. The molecule has 20 heavy (non-hydrogen) atoms. The number of halogens is 1. The van der Waals surface area contributed by atoms with Crippen molar-refractivity contribution in [2.24, 2.45) is 0 Å². The van der Waals surface area contributed by atoms with Crippen molar-refractivity contribution in [1.82, 2.24) is 5.32 Å². The molecule has 104 valence electrons. The number of likely N-dealkylation sites (N-methyl/N-ethyl adjacent to an activating group) is 1. The van der Waals surface area contributed by atoms with Gasteiger partial charge in [-0.3, -0.25) is 4.79 Å². The van der Waals surface area contributed by atoms with Crippen molar-refractivity contribution in [2.75, 3.05) is 18.5 Å². The van der Waals surface area contributed by atoms with E-state index in [9.17, 15) is 4.79 Å². The molecular weight excluding hydrogens is 272 g/mol. The highest BCUT2D eigenvalue weighted by Crippen LogP contribution is 2.11. The molecule has 0 unspecified atom stereocenters. The Morgan fingerprint density at radius 1 is 1.15 bits per heavy atom. The molecule has 2 aromatic rings. The van der Waals surface area contributed by atoms with Gasteiger partial charge in [0, 0.05) is 24.3 Å². The largest absolute Gasteiger partial charge is 0.365 e. The molecule has 0 atom stereocenters. The maximum absolute atomic E-state index is 11.9. The molecule has 1 N–H and O–H groups in total. The van der Waals surface area contributed by atoms with Crippen LogP contribution in [0.2, 0.25) is 5.02 Å². The second-order valence-electron chi connectivity index (χ2n) is 4.60. The van der Waals surface area contributed by atoms with E-state index in [0.717, 1.165) is 11.3 Å². The lowest BCUT2D eigenvalue weighted by Crippen LogP contribution is -2.34. The quantitative estimate of drug-likeness (QED) is 0.917. The van der Waals surface area contributed by atoms with Gasteiger partial charge in [0.15, 0.2) is 0 Å². The van der Waals surface area contributed by atoms with E-state index in [1.165, 1.54) is 0 Å². The summed E-state index contributed by atoms with van der Waals surface area (Å²) in [5, 5.41) is 3.57. The van der Waals surface area contributed by atoms with Crippen LogP contribution in [0.15, 0.2) is 54.6 Å². The Morgan fingerprint density at radius 3 is 2.60 bits per heavy atom. The van der Waals surface area contributed by atoms with Crippen LogP contribution < -0.4 is 10.2 Å². The van der Waals surface area contributed by atoms with Crippen molar-refractivity contribution in [3.8, 4) is 0 Å². The number of carbonyl (C=O) groups is 1. The molecular formula is C16H17ClN2O. The lowest BCUT2D eigenvalue weighted by atomic mass is 10.2. The van der Waals surface area contributed by atoms with E-state index in [1.807, 2.05) is 66.5 Å². The molecule has 0 saturated heterocycles. The van der Waals surface area contributed by atoms with Gasteiger partial charge in [-0.25, -0.2) is 0 Å². The van der Waals surface area contributed by atoms with Crippen molar-refractivity contribution >= 4 is 23.2 Å². The molecule has 0 aliphatic carbocycles. The molecule has 0 bridgehead atoms. The monoisotopic (exact) mass is 288 g/mol. The van der Waals surface area contributed by atoms with Crippen LogP contribution in [0, 0.1) is 0 Å². The zero-order valence-electron chi connectivity index (χ0n) is 11.3. The van der Waals surface area contributed by atoms with Crippen LogP contribution in [0.1, 0.15) is 5.56 Å². The molecule has 0 saturated carbocycles. The zero-order chi connectivity index (χ0) is 14.4. The first kappa shape index (κ1) is 14.4. The fourth-order valence-electron chi connectivity index (χ4n) is 1.89. The van der Waals surface area contributed by atoms with Gasteiger partial charge in [0.25, 0.3) is 0 Å². The number of nitrogens with zero attached hydrogens (tertiary/aromatic N) is 1. The molecule has 0 aliphatic rings. The van der Waals surface area contributed by atoms with Crippen LogP contribution in [0.4, 0.5) is 5.69 Å². The zero-order valence-corrected chi connectivity index (χ0v) is 12.1. The molecule has 3 nitrogen and oxygen atoms in total. The first-order valence-corrected chi connectivity index (χ1v) is 6.80. The Balaban J connectivity index is 1.84.